The first-order valence-corrected chi connectivity index (χ1v) is 5.72. The van der Waals surface area contributed by atoms with Crippen LogP contribution < -0.4 is 5.73 Å². The van der Waals surface area contributed by atoms with Gasteiger partial charge in [0, 0.05) is 11.6 Å². The molecule has 1 saturated carbocycles. The van der Waals surface area contributed by atoms with Gasteiger partial charge in [-0.15, -0.1) is 0 Å². The third-order valence-corrected chi connectivity index (χ3v) is 3.60. The van der Waals surface area contributed by atoms with Gasteiger partial charge in [-0.25, -0.2) is 8.78 Å². The van der Waals surface area contributed by atoms with Crippen LogP contribution in [-0.2, 0) is 0 Å². The summed E-state index contributed by atoms with van der Waals surface area (Å²) < 4.78 is 27.1. The number of halogens is 2. The van der Waals surface area contributed by atoms with Gasteiger partial charge in [0.2, 0.25) is 0 Å². The van der Waals surface area contributed by atoms with E-state index in [9.17, 15) is 8.78 Å². The number of nitrogens with two attached hydrogens (primary N) is 1. The van der Waals surface area contributed by atoms with E-state index in [1.807, 2.05) is 6.92 Å². The van der Waals surface area contributed by atoms with Crippen molar-refractivity contribution < 1.29 is 8.78 Å². The molecule has 88 valence electrons. The molecule has 0 aromatic heterocycles. The van der Waals surface area contributed by atoms with E-state index in [2.05, 4.69) is 0 Å². The quantitative estimate of drug-likeness (QED) is 0.839. The molecule has 0 heterocycles. The molecule has 0 aliphatic heterocycles. The van der Waals surface area contributed by atoms with Crippen molar-refractivity contribution in [3.05, 3.63) is 34.9 Å². The molecule has 1 aliphatic carbocycles. The molecule has 1 aromatic carbocycles. The summed E-state index contributed by atoms with van der Waals surface area (Å²) in [6.07, 6.45) is 2.32. The fourth-order valence-electron chi connectivity index (χ4n) is 2.12. The van der Waals surface area contributed by atoms with Gasteiger partial charge in [-0.1, -0.05) is 19.1 Å². The van der Waals surface area contributed by atoms with E-state index in [-0.39, 0.29) is 5.92 Å². The van der Waals surface area contributed by atoms with E-state index in [1.165, 1.54) is 0 Å². The van der Waals surface area contributed by atoms with Crippen molar-refractivity contribution in [2.75, 3.05) is 0 Å². The molecule has 0 saturated heterocycles. The Bertz CT molecular complexity index is 399. The van der Waals surface area contributed by atoms with E-state index >= 15 is 0 Å². The summed E-state index contributed by atoms with van der Waals surface area (Å²) in [5, 5.41) is 0. The van der Waals surface area contributed by atoms with Crippen molar-refractivity contribution in [3.63, 3.8) is 0 Å². The highest BCUT2D eigenvalue weighted by Crippen LogP contribution is 2.42. The number of hydrogen-bond donors (Lipinski definition) is 1. The van der Waals surface area contributed by atoms with Crippen molar-refractivity contribution in [2.24, 2.45) is 17.6 Å². The zero-order valence-electron chi connectivity index (χ0n) is 9.63. The van der Waals surface area contributed by atoms with Crippen LogP contribution in [0, 0.1) is 30.4 Å². The molecular weight excluding hydrogens is 208 g/mol. The molecule has 0 spiro atoms. The summed E-state index contributed by atoms with van der Waals surface area (Å²) in [4.78, 5) is 0. The second-order valence-corrected chi connectivity index (χ2v) is 4.82. The monoisotopic (exact) mass is 225 g/mol. The molecule has 2 N–H and O–H groups in total. The first-order chi connectivity index (χ1) is 7.52. The van der Waals surface area contributed by atoms with Gasteiger partial charge in [0.05, 0.1) is 0 Å². The third kappa shape index (κ3) is 1.96. The molecule has 0 bridgehead atoms. The minimum Gasteiger partial charge on any atom is -0.324 e. The summed E-state index contributed by atoms with van der Waals surface area (Å²) >= 11 is 0. The molecule has 2 atom stereocenters. The molecule has 2 rings (SSSR count). The zero-order valence-corrected chi connectivity index (χ0v) is 9.63. The van der Waals surface area contributed by atoms with Gasteiger partial charge in [-0.05, 0) is 37.2 Å². The fourth-order valence-corrected chi connectivity index (χ4v) is 2.12. The Hall–Kier alpha value is -0.960. The van der Waals surface area contributed by atoms with Crippen LogP contribution in [0.3, 0.4) is 0 Å². The smallest absolute Gasteiger partial charge is 0.163 e. The topological polar surface area (TPSA) is 26.0 Å². The Morgan fingerprint density at radius 2 is 1.88 bits per heavy atom. The van der Waals surface area contributed by atoms with Gasteiger partial charge < -0.3 is 5.73 Å². The maximum Gasteiger partial charge on any atom is 0.163 e. The average molecular weight is 225 g/mol. The molecule has 0 radical (unpaired) electrons. The van der Waals surface area contributed by atoms with Crippen LogP contribution in [0.25, 0.3) is 0 Å². The molecule has 16 heavy (non-hydrogen) atoms. The summed E-state index contributed by atoms with van der Waals surface area (Å²) in [6.45, 7) is 3.57. The lowest BCUT2D eigenvalue weighted by Gasteiger charge is -2.20. The van der Waals surface area contributed by atoms with E-state index in [0.717, 1.165) is 12.8 Å². The first-order valence-electron chi connectivity index (χ1n) is 5.72. The van der Waals surface area contributed by atoms with Gasteiger partial charge >= 0.3 is 0 Å². The Balaban J connectivity index is 2.29. The van der Waals surface area contributed by atoms with E-state index < -0.39 is 17.7 Å². The van der Waals surface area contributed by atoms with Gasteiger partial charge in [-0.3, -0.25) is 0 Å². The Morgan fingerprint density at radius 3 is 2.44 bits per heavy atom. The Morgan fingerprint density at radius 1 is 1.25 bits per heavy atom. The summed E-state index contributed by atoms with van der Waals surface area (Å²) in [6, 6.07) is 2.80. The van der Waals surface area contributed by atoms with E-state index in [4.69, 9.17) is 5.73 Å². The maximum atomic E-state index is 13.7. The first kappa shape index (κ1) is 11.5. The largest absolute Gasteiger partial charge is 0.324 e. The number of benzene rings is 1. The predicted octanol–water partition coefficient (Wildman–Crippen LogP) is 3.32. The molecule has 1 aromatic rings. The summed E-state index contributed by atoms with van der Waals surface area (Å²) in [7, 11) is 0. The van der Waals surface area contributed by atoms with Gasteiger partial charge in [0.15, 0.2) is 11.6 Å². The lowest BCUT2D eigenvalue weighted by atomic mass is 9.90. The third-order valence-electron chi connectivity index (χ3n) is 3.60. The van der Waals surface area contributed by atoms with Crippen molar-refractivity contribution in [1.82, 2.24) is 0 Å². The van der Waals surface area contributed by atoms with E-state index in [1.54, 1.807) is 19.1 Å². The van der Waals surface area contributed by atoms with Gasteiger partial charge in [0.1, 0.15) is 0 Å². The normalized spacial score (nSPS) is 19.6. The SMILES string of the molecule is Cc1ccc(C(N)C(C)C2CC2)c(F)c1F. The molecule has 1 nitrogen and oxygen atoms in total. The van der Waals surface area contributed by atoms with Crippen molar-refractivity contribution in [3.8, 4) is 0 Å². The lowest BCUT2D eigenvalue weighted by molar-refractivity contribution is 0.395. The second kappa shape index (κ2) is 4.13. The zero-order chi connectivity index (χ0) is 11.9. The minimum atomic E-state index is -0.778. The number of aryl methyl sites for hydroxylation is 1. The Kier molecular flexibility index (Phi) is 2.98. The lowest BCUT2D eigenvalue weighted by Crippen LogP contribution is -2.22. The summed E-state index contributed by atoms with van der Waals surface area (Å²) in [5.41, 5.74) is 6.63. The highest BCUT2D eigenvalue weighted by atomic mass is 19.2. The molecule has 2 unspecified atom stereocenters. The number of hydrogen-bond acceptors (Lipinski definition) is 1. The van der Waals surface area contributed by atoms with Gasteiger partial charge in [0.25, 0.3) is 0 Å². The number of rotatable bonds is 3. The van der Waals surface area contributed by atoms with Crippen molar-refractivity contribution >= 4 is 0 Å². The maximum absolute atomic E-state index is 13.7. The van der Waals surface area contributed by atoms with E-state index in [0.29, 0.717) is 17.0 Å². The van der Waals surface area contributed by atoms with Crippen LogP contribution in [0.2, 0.25) is 0 Å². The van der Waals surface area contributed by atoms with Crippen LogP contribution in [0.5, 0.6) is 0 Å². The minimum absolute atomic E-state index is 0.219. The molecule has 1 fully saturated rings. The molecule has 1 aliphatic rings. The highest BCUT2D eigenvalue weighted by molar-refractivity contribution is 5.28. The highest BCUT2D eigenvalue weighted by Gasteiger charge is 2.33. The molecule has 3 heteroatoms. The standard InChI is InChI=1S/C13H17F2N/c1-7-3-6-10(12(15)11(7)14)13(16)8(2)9-4-5-9/h3,6,8-9,13H,4-5,16H2,1-2H3. The van der Waals surface area contributed by atoms with Crippen molar-refractivity contribution in [2.45, 2.75) is 32.7 Å². The Labute approximate surface area is 94.7 Å². The second-order valence-electron chi connectivity index (χ2n) is 4.82. The van der Waals surface area contributed by atoms with Crippen LogP contribution in [0.15, 0.2) is 12.1 Å². The van der Waals surface area contributed by atoms with Gasteiger partial charge in [-0.2, -0.15) is 0 Å². The summed E-state index contributed by atoms with van der Waals surface area (Å²) in [5.74, 6) is -0.744. The van der Waals surface area contributed by atoms with Crippen LogP contribution >= 0.6 is 0 Å². The van der Waals surface area contributed by atoms with Crippen LogP contribution in [0.4, 0.5) is 8.78 Å². The molecule has 0 amide bonds. The van der Waals surface area contributed by atoms with Crippen LogP contribution in [0.1, 0.15) is 36.9 Å². The predicted molar refractivity (Wildman–Crippen MR) is 59.9 cm³/mol. The fraction of sp³-hybridized carbons (Fsp3) is 0.538. The molecular formula is C13H17F2N. The van der Waals surface area contributed by atoms with Crippen LogP contribution in [-0.4, -0.2) is 0 Å². The van der Waals surface area contributed by atoms with Crippen molar-refractivity contribution in [1.29, 1.82) is 0 Å². The average Bonchev–Trinajstić information content (AvgIpc) is 3.08.